The van der Waals surface area contributed by atoms with Crippen molar-refractivity contribution in [3.05, 3.63) is 23.4 Å². The van der Waals surface area contributed by atoms with Crippen molar-refractivity contribution in [2.24, 2.45) is 0 Å². The minimum atomic E-state index is -2.99. The van der Waals surface area contributed by atoms with Crippen molar-refractivity contribution >= 4 is 21.6 Å². The topological polar surface area (TPSA) is 81.1 Å². The second kappa shape index (κ2) is 6.47. The van der Waals surface area contributed by atoms with Gasteiger partial charge in [-0.2, -0.15) is 5.10 Å². The molecule has 2 heterocycles. The highest BCUT2D eigenvalue weighted by atomic mass is 32.2. The Labute approximate surface area is 136 Å². The Morgan fingerprint density at radius 2 is 2.09 bits per heavy atom. The smallest absolute Gasteiger partial charge is 0.249 e. The Bertz CT molecular complexity index is 726. The first-order valence-electron chi connectivity index (χ1n) is 8.20. The largest absolute Gasteiger partial charge is 0.307 e. The van der Waals surface area contributed by atoms with E-state index in [9.17, 15) is 13.2 Å². The number of rotatable bonds is 3. The lowest BCUT2D eigenvalue weighted by atomic mass is 9.95. The average Bonchev–Trinajstić information content (AvgIpc) is 3.02. The summed E-state index contributed by atoms with van der Waals surface area (Å²) in [6.07, 6.45) is 7.76. The minimum Gasteiger partial charge on any atom is -0.307 e. The van der Waals surface area contributed by atoms with Crippen molar-refractivity contribution in [3.63, 3.8) is 0 Å². The Morgan fingerprint density at radius 1 is 1.35 bits per heavy atom. The molecular formula is C16H23N3O3S. The van der Waals surface area contributed by atoms with E-state index in [-0.39, 0.29) is 23.5 Å². The molecule has 0 radical (unpaired) electrons. The fourth-order valence-corrected chi connectivity index (χ4v) is 5.05. The molecule has 1 aliphatic heterocycles. The van der Waals surface area contributed by atoms with Gasteiger partial charge in [0.15, 0.2) is 9.84 Å². The maximum Gasteiger partial charge on any atom is 0.249 e. The number of allylic oxidation sites excluding steroid dienone is 1. The summed E-state index contributed by atoms with van der Waals surface area (Å²) in [6.45, 7) is 1.84. The van der Waals surface area contributed by atoms with Crippen molar-refractivity contribution < 1.29 is 13.2 Å². The van der Waals surface area contributed by atoms with Gasteiger partial charge in [0.05, 0.1) is 23.2 Å². The van der Waals surface area contributed by atoms with E-state index in [1.807, 2.05) is 6.92 Å². The van der Waals surface area contributed by atoms with Crippen molar-refractivity contribution in [3.8, 4) is 0 Å². The number of hydrogen-bond donors (Lipinski definition) is 1. The number of carbonyl (C=O) groups excluding carboxylic acids is 1. The summed E-state index contributed by atoms with van der Waals surface area (Å²) in [5, 5.41) is 7.25. The molecule has 1 N–H and O–H groups in total. The SMILES string of the molecule is Cc1cc(NC(=O)C=C2CCCCC2)n(C2CCS(=O)(=O)C2)n1. The molecule has 7 heteroatoms. The van der Waals surface area contributed by atoms with E-state index in [4.69, 9.17) is 0 Å². The first-order chi connectivity index (χ1) is 10.9. The fourth-order valence-electron chi connectivity index (χ4n) is 3.35. The molecular weight excluding hydrogens is 314 g/mol. The van der Waals surface area contributed by atoms with Crippen molar-refractivity contribution in [1.82, 2.24) is 9.78 Å². The van der Waals surface area contributed by atoms with Gasteiger partial charge < -0.3 is 5.32 Å². The first kappa shape index (κ1) is 16.2. The number of nitrogens with one attached hydrogen (secondary N) is 1. The van der Waals surface area contributed by atoms with Crippen molar-refractivity contribution in [2.45, 2.75) is 51.5 Å². The lowest BCUT2D eigenvalue weighted by Gasteiger charge is -2.15. The molecule has 2 fully saturated rings. The summed E-state index contributed by atoms with van der Waals surface area (Å²) in [4.78, 5) is 12.2. The number of carbonyl (C=O) groups is 1. The van der Waals surface area contributed by atoms with E-state index in [1.54, 1.807) is 16.8 Å². The van der Waals surface area contributed by atoms with Crippen LogP contribution in [0.3, 0.4) is 0 Å². The molecule has 1 atom stereocenters. The number of aryl methyl sites for hydroxylation is 1. The van der Waals surface area contributed by atoms with Crippen LogP contribution in [0.5, 0.6) is 0 Å². The normalized spacial score (nSPS) is 23.7. The molecule has 1 aliphatic carbocycles. The molecule has 126 valence electrons. The van der Waals surface area contributed by atoms with Gasteiger partial charge in [-0.1, -0.05) is 12.0 Å². The zero-order valence-electron chi connectivity index (χ0n) is 13.4. The van der Waals surface area contributed by atoms with E-state index in [0.29, 0.717) is 12.2 Å². The van der Waals surface area contributed by atoms with Crippen LogP contribution in [0.1, 0.15) is 50.3 Å². The molecule has 1 unspecified atom stereocenters. The first-order valence-corrected chi connectivity index (χ1v) is 10.0. The van der Waals surface area contributed by atoms with Gasteiger partial charge in [-0.15, -0.1) is 0 Å². The molecule has 0 spiro atoms. The number of amides is 1. The zero-order chi connectivity index (χ0) is 16.4. The van der Waals surface area contributed by atoms with Crippen LogP contribution in [-0.4, -0.2) is 35.6 Å². The van der Waals surface area contributed by atoms with Crippen LogP contribution in [0.25, 0.3) is 0 Å². The van der Waals surface area contributed by atoms with Crippen molar-refractivity contribution in [2.75, 3.05) is 16.8 Å². The van der Waals surface area contributed by atoms with Gasteiger partial charge in [-0.05, 0) is 39.0 Å². The van der Waals surface area contributed by atoms with Gasteiger partial charge >= 0.3 is 0 Å². The molecule has 23 heavy (non-hydrogen) atoms. The Hall–Kier alpha value is -1.63. The van der Waals surface area contributed by atoms with E-state index in [2.05, 4.69) is 10.4 Å². The van der Waals surface area contributed by atoms with Crippen LogP contribution in [-0.2, 0) is 14.6 Å². The molecule has 6 nitrogen and oxygen atoms in total. The van der Waals surface area contributed by atoms with Crippen LogP contribution in [0, 0.1) is 6.92 Å². The van der Waals surface area contributed by atoms with Gasteiger partial charge in [0.2, 0.25) is 5.91 Å². The average molecular weight is 337 g/mol. The second-order valence-corrected chi connectivity index (χ2v) is 8.75. The summed E-state index contributed by atoms with van der Waals surface area (Å²) in [5.74, 6) is 0.720. The molecule has 2 aliphatic rings. The lowest BCUT2D eigenvalue weighted by molar-refractivity contribution is -0.112. The molecule has 1 aromatic rings. The van der Waals surface area contributed by atoms with Gasteiger partial charge in [0.25, 0.3) is 0 Å². The summed E-state index contributed by atoms with van der Waals surface area (Å²) < 4.78 is 25.0. The molecule has 3 rings (SSSR count). The van der Waals surface area contributed by atoms with E-state index < -0.39 is 9.84 Å². The van der Waals surface area contributed by atoms with Gasteiger partial charge in [0, 0.05) is 12.1 Å². The Morgan fingerprint density at radius 3 is 2.74 bits per heavy atom. The second-order valence-electron chi connectivity index (χ2n) is 6.52. The van der Waals surface area contributed by atoms with Gasteiger partial charge in [-0.3, -0.25) is 4.79 Å². The molecule has 1 saturated carbocycles. The molecule has 1 amide bonds. The van der Waals surface area contributed by atoms with Crippen LogP contribution < -0.4 is 5.32 Å². The summed E-state index contributed by atoms with van der Waals surface area (Å²) in [7, 11) is -2.99. The quantitative estimate of drug-likeness (QED) is 0.859. The molecule has 0 bridgehead atoms. The fraction of sp³-hybridized carbons (Fsp3) is 0.625. The number of hydrogen-bond acceptors (Lipinski definition) is 4. The highest BCUT2D eigenvalue weighted by Crippen LogP contribution is 2.27. The maximum atomic E-state index is 12.2. The van der Waals surface area contributed by atoms with Crippen LogP contribution in [0.15, 0.2) is 17.7 Å². The Kier molecular flexibility index (Phi) is 4.57. The summed E-state index contributed by atoms with van der Waals surface area (Å²) >= 11 is 0. The van der Waals surface area contributed by atoms with E-state index in [0.717, 1.165) is 31.4 Å². The number of sulfone groups is 1. The monoisotopic (exact) mass is 337 g/mol. The molecule has 0 aromatic carbocycles. The van der Waals surface area contributed by atoms with Gasteiger partial charge in [0.1, 0.15) is 5.82 Å². The van der Waals surface area contributed by atoms with E-state index >= 15 is 0 Å². The standard InChI is InChI=1S/C16H23N3O3S/c1-12-9-15(17-16(20)10-13-5-3-2-4-6-13)19(18-12)14-7-8-23(21,22)11-14/h9-10,14H,2-8,11H2,1H3,(H,17,20). The third-order valence-electron chi connectivity index (χ3n) is 4.49. The van der Waals surface area contributed by atoms with Gasteiger partial charge in [-0.25, -0.2) is 13.1 Å². The van der Waals surface area contributed by atoms with Crippen LogP contribution >= 0.6 is 0 Å². The molecule has 1 aromatic heterocycles. The molecule has 1 saturated heterocycles. The lowest BCUT2D eigenvalue weighted by Crippen LogP contribution is -2.18. The highest BCUT2D eigenvalue weighted by molar-refractivity contribution is 7.91. The number of anilines is 1. The summed E-state index contributed by atoms with van der Waals surface area (Å²) in [5.41, 5.74) is 1.97. The predicted molar refractivity (Wildman–Crippen MR) is 89.1 cm³/mol. The number of nitrogens with zero attached hydrogens (tertiary/aromatic N) is 2. The van der Waals surface area contributed by atoms with Crippen LogP contribution in [0.2, 0.25) is 0 Å². The number of aromatic nitrogens is 2. The highest BCUT2D eigenvalue weighted by Gasteiger charge is 2.31. The summed E-state index contributed by atoms with van der Waals surface area (Å²) in [6, 6.07) is 1.61. The minimum absolute atomic E-state index is 0.0953. The zero-order valence-corrected chi connectivity index (χ0v) is 14.2. The van der Waals surface area contributed by atoms with E-state index in [1.165, 1.54) is 12.0 Å². The van der Waals surface area contributed by atoms with Crippen LogP contribution in [0.4, 0.5) is 5.82 Å². The third kappa shape index (κ3) is 4.02. The Balaban J connectivity index is 1.74. The van der Waals surface area contributed by atoms with Crippen molar-refractivity contribution in [1.29, 1.82) is 0 Å². The predicted octanol–water partition coefficient (Wildman–Crippen LogP) is 2.38. The third-order valence-corrected chi connectivity index (χ3v) is 6.24. The maximum absolute atomic E-state index is 12.2.